The van der Waals surface area contributed by atoms with Gasteiger partial charge in [-0.1, -0.05) is 59.7 Å². The Labute approximate surface area is 210 Å². The highest BCUT2D eigenvalue weighted by molar-refractivity contribution is 7.07. The molecule has 0 bridgehead atoms. The number of ether oxygens (including phenoxy) is 2. The summed E-state index contributed by atoms with van der Waals surface area (Å²) in [6.07, 6.45) is 2.63. The van der Waals surface area contributed by atoms with Gasteiger partial charge in [-0.2, -0.15) is 0 Å². The number of carbonyl (C=O) groups is 1. The second-order valence-electron chi connectivity index (χ2n) is 7.66. The Kier molecular flexibility index (Phi) is 7.26. The fourth-order valence-corrected chi connectivity index (χ4v) is 5.08. The van der Waals surface area contributed by atoms with E-state index in [9.17, 15) is 9.59 Å². The van der Waals surface area contributed by atoms with Gasteiger partial charge in [-0.05, 0) is 54.8 Å². The maximum absolute atomic E-state index is 13.5. The van der Waals surface area contributed by atoms with Crippen LogP contribution in [0.1, 0.15) is 37.4 Å². The molecule has 0 N–H and O–H groups in total. The Balaban J connectivity index is 1.88. The molecule has 0 saturated carbocycles. The lowest BCUT2D eigenvalue weighted by atomic mass is 9.96. The largest absolute Gasteiger partial charge is 0.494 e. The van der Waals surface area contributed by atoms with E-state index in [-0.39, 0.29) is 5.56 Å². The normalized spacial score (nSPS) is 15.7. The van der Waals surface area contributed by atoms with Crippen LogP contribution < -0.4 is 19.6 Å². The molecule has 1 atom stereocenters. The van der Waals surface area contributed by atoms with Gasteiger partial charge in [-0.25, -0.2) is 9.79 Å². The molecular formula is C25H22Cl2N2O4S. The zero-order valence-corrected chi connectivity index (χ0v) is 21.1. The predicted octanol–water partition coefficient (Wildman–Crippen LogP) is 4.50. The zero-order valence-electron chi connectivity index (χ0n) is 18.8. The molecule has 1 aliphatic rings. The number of halogens is 2. The van der Waals surface area contributed by atoms with Crippen molar-refractivity contribution in [1.29, 1.82) is 0 Å². The van der Waals surface area contributed by atoms with Crippen LogP contribution in [0.25, 0.3) is 6.08 Å². The number of benzene rings is 2. The number of thiazole rings is 1. The van der Waals surface area contributed by atoms with E-state index >= 15 is 0 Å². The van der Waals surface area contributed by atoms with Crippen LogP contribution in [0.2, 0.25) is 10.0 Å². The molecule has 2 aromatic carbocycles. The second kappa shape index (κ2) is 10.2. The Morgan fingerprint density at radius 1 is 1.18 bits per heavy atom. The van der Waals surface area contributed by atoms with Crippen molar-refractivity contribution in [2.75, 3.05) is 13.7 Å². The van der Waals surface area contributed by atoms with Gasteiger partial charge in [0.25, 0.3) is 5.56 Å². The first-order valence-corrected chi connectivity index (χ1v) is 12.2. The number of hydrogen-bond donors (Lipinski definition) is 0. The molecule has 0 amide bonds. The molecule has 0 radical (unpaired) electrons. The van der Waals surface area contributed by atoms with Crippen molar-refractivity contribution >= 4 is 46.6 Å². The average Bonchev–Trinajstić information content (AvgIpc) is 3.13. The SMILES string of the molecule is CCCOc1ccc(C2C(C(=O)OC)=C(C)N=c3sc(=Cc4ccc(Cl)c(Cl)c4)c(=O)n32)cc1. The zero-order chi connectivity index (χ0) is 24.4. The van der Waals surface area contributed by atoms with E-state index in [1.165, 1.54) is 23.0 Å². The van der Waals surface area contributed by atoms with E-state index in [0.717, 1.165) is 23.3 Å². The molecule has 1 aliphatic heterocycles. The van der Waals surface area contributed by atoms with Crippen LogP contribution in [-0.2, 0) is 9.53 Å². The fourth-order valence-electron chi connectivity index (χ4n) is 3.73. The van der Waals surface area contributed by atoms with Crippen LogP contribution in [-0.4, -0.2) is 24.3 Å². The third-order valence-corrected chi connectivity index (χ3v) is 7.06. The van der Waals surface area contributed by atoms with Crippen LogP contribution in [0, 0.1) is 0 Å². The molecule has 0 aliphatic carbocycles. The maximum Gasteiger partial charge on any atom is 0.338 e. The van der Waals surface area contributed by atoms with Gasteiger partial charge in [0.1, 0.15) is 5.75 Å². The fraction of sp³-hybridized carbons (Fsp3) is 0.240. The van der Waals surface area contributed by atoms with Gasteiger partial charge < -0.3 is 9.47 Å². The first-order valence-electron chi connectivity index (χ1n) is 10.6. The average molecular weight is 517 g/mol. The minimum absolute atomic E-state index is 0.264. The molecular weight excluding hydrogens is 495 g/mol. The lowest BCUT2D eigenvalue weighted by Gasteiger charge is -2.24. The van der Waals surface area contributed by atoms with Crippen LogP contribution in [0.5, 0.6) is 5.75 Å². The lowest BCUT2D eigenvalue weighted by Crippen LogP contribution is -2.39. The van der Waals surface area contributed by atoms with Gasteiger partial charge in [0.2, 0.25) is 0 Å². The molecule has 2 heterocycles. The molecule has 34 heavy (non-hydrogen) atoms. The molecule has 1 aromatic heterocycles. The van der Waals surface area contributed by atoms with Crippen molar-refractivity contribution in [2.24, 2.45) is 4.99 Å². The number of nitrogens with zero attached hydrogens (tertiary/aromatic N) is 2. The quantitative estimate of drug-likeness (QED) is 0.452. The van der Waals surface area contributed by atoms with Gasteiger partial charge in [0.05, 0.1) is 45.6 Å². The summed E-state index contributed by atoms with van der Waals surface area (Å²) in [5, 5.41) is 0.834. The van der Waals surface area contributed by atoms with E-state index in [4.69, 9.17) is 32.7 Å². The van der Waals surface area contributed by atoms with Crippen LogP contribution in [0.3, 0.4) is 0 Å². The number of carbonyl (C=O) groups excluding carboxylic acids is 1. The third kappa shape index (κ3) is 4.69. The summed E-state index contributed by atoms with van der Waals surface area (Å²) in [6, 6.07) is 11.9. The minimum atomic E-state index is -0.681. The first kappa shape index (κ1) is 24.3. The number of allylic oxidation sites excluding steroid dienone is 1. The van der Waals surface area contributed by atoms with Gasteiger partial charge in [0.15, 0.2) is 4.80 Å². The van der Waals surface area contributed by atoms with Gasteiger partial charge in [-0.15, -0.1) is 0 Å². The predicted molar refractivity (Wildman–Crippen MR) is 134 cm³/mol. The number of esters is 1. The number of hydrogen-bond acceptors (Lipinski definition) is 6. The van der Waals surface area contributed by atoms with Crippen molar-refractivity contribution in [3.63, 3.8) is 0 Å². The van der Waals surface area contributed by atoms with Crippen LogP contribution >= 0.6 is 34.5 Å². The van der Waals surface area contributed by atoms with Crippen molar-refractivity contribution in [3.8, 4) is 5.75 Å². The Morgan fingerprint density at radius 3 is 2.56 bits per heavy atom. The van der Waals surface area contributed by atoms with E-state index in [2.05, 4.69) is 4.99 Å². The van der Waals surface area contributed by atoms with Crippen molar-refractivity contribution in [1.82, 2.24) is 4.57 Å². The van der Waals surface area contributed by atoms with E-state index in [0.29, 0.717) is 37.3 Å². The lowest BCUT2D eigenvalue weighted by molar-refractivity contribution is -0.136. The molecule has 0 fully saturated rings. The number of methoxy groups -OCH3 is 1. The van der Waals surface area contributed by atoms with Gasteiger partial charge >= 0.3 is 5.97 Å². The smallest absolute Gasteiger partial charge is 0.338 e. The monoisotopic (exact) mass is 516 g/mol. The first-order chi connectivity index (χ1) is 16.3. The standard InChI is InChI=1S/C25H22Cl2N2O4S/c1-4-11-33-17-8-6-16(7-9-17)22-21(24(31)32-3)14(2)28-25-29(22)23(30)20(34-25)13-15-5-10-18(26)19(27)12-15/h5-10,12-13,22H,4,11H2,1-3H3. The molecule has 9 heteroatoms. The second-order valence-corrected chi connectivity index (χ2v) is 9.49. The van der Waals surface area contributed by atoms with E-state index < -0.39 is 12.0 Å². The van der Waals surface area contributed by atoms with Gasteiger partial charge in [-0.3, -0.25) is 9.36 Å². The summed E-state index contributed by atoms with van der Waals surface area (Å²) in [7, 11) is 1.32. The summed E-state index contributed by atoms with van der Waals surface area (Å²) in [4.78, 5) is 31.3. The Hall–Kier alpha value is -2.87. The van der Waals surface area contributed by atoms with Gasteiger partial charge in [0, 0.05) is 0 Å². The minimum Gasteiger partial charge on any atom is -0.494 e. The topological polar surface area (TPSA) is 69.9 Å². The van der Waals surface area contributed by atoms with Crippen molar-refractivity contribution in [2.45, 2.75) is 26.3 Å². The summed E-state index contributed by atoms with van der Waals surface area (Å²) in [6.45, 7) is 4.39. The third-order valence-electron chi connectivity index (χ3n) is 5.34. The van der Waals surface area contributed by atoms with Crippen molar-refractivity contribution < 1.29 is 14.3 Å². The summed E-state index contributed by atoms with van der Waals surface area (Å²) in [5.41, 5.74) is 2.04. The van der Waals surface area contributed by atoms with Crippen LogP contribution in [0.15, 0.2) is 63.5 Å². The number of rotatable bonds is 6. The summed E-state index contributed by atoms with van der Waals surface area (Å²) < 4.78 is 12.7. The van der Waals surface area contributed by atoms with Crippen molar-refractivity contribution in [3.05, 3.63) is 94.6 Å². The Bertz CT molecular complexity index is 1460. The number of fused-ring (bicyclic) bond motifs is 1. The highest BCUT2D eigenvalue weighted by Crippen LogP contribution is 2.31. The maximum atomic E-state index is 13.5. The molecule has 0 saturated heterocycles. The molecule has 6 nitrogen and oxygen atoms in total. The molecule has 176 valence electrons. The molecule has 3 aromatic rings. The molecule has 4 rings (SSSR count). The molecule has 1 unspecified atom stereocenters. The summed E-state index contributed by atoms with van der Waals surface area (Å²) >= 11 is 13.4. The van der Waals surface area contributed by atoms with E-state index in [1.807, 2.05) is 31.2 Å². The highest BCUT2D eigenvalue weighted by atomic mass is 35.5. The summed E-state index contributed by atoms with van der Waals surface area (Å²) in [5.74, 6) is 0.189. The van der Waals surface area contributed by atoms with Crippen LogP contribution in [0.4, 0.5) is 0 Å². The Morgan fingerprint density at radius 2 is 1.91 bits per heavy atom. The molecule has 0 spiro atoms. The number of aromatic nitrogens is 1. The van der Waals surface area contributed by atoms with E-state index in [1.54, 1.807) is 31.2 Å². The highest BCUT2D eigenvalue weighted by Gasteiger charge is 2.33.